The van der Waals surface area contributed by atoms with E-state index in [9.17, 15) is 0 Å². The third-order valence-electron chi connectivity index (χ3n) is 3.35. The molecule has 0 bridgehead atoms. The van der Waals surface area contributed by atoms with Gasteiger partial charge in [0.1, 0.15) is 11.3 Å². The summed E-state index contributed by atoms with van der Waals surface area (Å²) in [6, 6.07) is 14.3. The van der Waals surface area contributed by atoms with Gasteiger partial charge in [0.2, 0.25) is 0 Å². The Morgan fingerprint density at radius 2 is 1.95 bits per heavy atom. The molecule has 0 N–H and O–H groups in total. The van der Waals surface area contributed by atoms with Crippen LogP contribution in [0.5, 0.6) is 5.75 Å². The third-order valence-corrected chi connectivity index (χ3v) is 4.13. The zero-order valence-electron chi connectivity index (χ0n) is 11.5. The van der Waals surface area contributed by atoms with Gasteiger partial charge >= 0.3 is 0 Å². The molecule has 0 saturated carbocycles. The van der Waals surface area contributed by atoms with Crippen LogP contribution in [0, 0.1) is 0 Å². The smallest absolute Gasteiger partial charge is 0.119 e. The van der Waals surface area contributed by atoms with Crippen molar-refractivity contribution in [3.63, 3.8) is 0 Å². The molecule has 102 valence electrons. The molecular weight excluding hydrogens is 268 g/mol. The van der Waals surface area contributed by atoms with Crippen molar-refractivity contribution in [3.05, 3.63) is 42.5 Å². The van der Waals surface area contributed by atoms with E-state index in [0.29, 0.717) is 0 Å². The molecule has 0 spiro atoms. The van der Waals surface area contributed by atoms with Crippen molar-refractivity contribution >= 4 is 21.7 Å². The average Bonchev–Trinajstić information content (AvgIpc) is 2.96. The van der Waals surface area contributed by atoms with E-state index in [2.05, 4.69) is 41.6 Å². The molecule has 0 amide bonds. The van der Waals surface area contributed by atoms with Crippen molar-refractivity contribution in [1.29, 1.82) is 0 Å². The van der Waals surface area contributed by atoms with Crippen LogP contribution in [-0.2, 0) is 0 Å². The molecule has 1 atom stereocenters. The predicted molar refractivity (Wildman–Crippen MR) is 83.2 cm³/mol. The Kier molecular flexibility index (Phi) is 3.65. The van der Waals surface area contributed by atoms with Crippen molar-refractivity contribution in [2.24, 2.45) is 0 Å². The van der Waals surface area contributed by atoms with Crippen LogP contribution in [0.4, 0.5) is 0 Å². The summed E-state index contributed by atoms with van der Waals surface area (Å²) < 4.78 is 11.0. The SMILES string of the molecule is CC[C@@H](C)Oc1ccc(-c2cccc3nnsc23)cc1. The average molecular weight is 284 g/mol. The highest BCUT2D eigenvalue weighted by atomic mass is 32.1. The lowest BCUT2D eigenvalue weighted by Crippen LogP contribution is -2.09. The monoisotopic (exact) mass is 284 g/mol. The fourth-order valence-electron chi connectivity index (χ4n) is 2.06. The highest BCUT2D eigenvalue weighted by molar-refractivity contribution is 7.13. The molecule has 2 aromatic carbocycles. The van der Waals surface area contributed by atoms with Crippen LogP contribution < -0.4 is 4.74 Å². The van der Waals surface area contributed by atoms with E-state index in [4.69, 9.17) is 4.74 Å². The van der Waals surface area contributed by atoms with E-state index in [0.717, 1.165) is 28.0 Å². The molecule has 0 aliphatic carbocycles. The maximum absolute atomic E-state index is 5.80. The van der Waals surface area contributed by atoms with E-state index in [1.165, 1.54) is 17.1 Å². The molecule has 1 aromatic heterocycles. The Morgan fingerprint density at radius 3 is 2.70 bits per heavy atom. The summed E-state index contributed by atoms with van der Waals surface area (Å²) in [5.41, 5.74) is 3.29. The van der Waals surface area contributed by atoms with Gasteiger partial charge in [0.05, 0.1) is 10.8 Å². The first-order chi connectivity index (χ1) is 9.78. The summed E-state index contributed by atoms with van der Waals surface area (Å²) >= 11 is 1.43. The number of fused-ring (bicyclic) bond motifs is 1. The van der Waals surface area contributed by atoms with Gasteiger partial charge in [0, 0.05) is 5.56 Å². The molecule has 3 rings (SSSR count). The minimum atomic E-state index is 0.245. The summed E-state index contributed by atoms with van der Waals surface area (Å²) in [6.07, 6.45) is 1.25. The molecule has 3 aromatic rings. The number of benzene rings is 2. The second kappa shape index (κ2) is 5.59. The molecule has 20 heavy (non-hydrogen) atoms. The van der Waals surface area contributed by atoms with Gasteiger partial charge < -0.3 is 4.74 Å². The van der Waals surface area contributed by atoms with Gasteiger partial charge in [0.25, 0.3) is 0 Å². The van der Waals surface area contributed by atoms with E-state index < -0.39 is 0 Å². The van der Waals surface area contributed by atoms with Crippen molar-refractivity contribution in [1.82, 2.24) is 9.59 Å². The van der Waals surface area contributed by atoms with E-state index in [-0.39, 0.29) is 6.10 Å². The zero-order valence-corrected chi connectivity index (χ0v) is 12.4. The number of hydrogen-bond donors (Lipinski definition) is 0. The minimum absolute atomic E-state index is 0.245. The van der Waals surface area contributed by atoms with Crippen molar-refractivity contribution in [3.8, 4) is 16.9 Å². The maximum atomic E-state index is 5.80. The van der Waals surface area contributed by atoms with Gasteiger partial charge in [-0.3, -0.25) is 0 Å². The van der Waals surface area contributed by atoms with Gasteiger partial charge in [-0.2, -0.15) is 0 Å². The highest BCUT2D eigenvalue weighted by Gasteiger charge is 2.07. The van der Waals surface area contributed by atoms with Gasteiger partial charge in [0.15, 0.2) is 0 Å². The highest BCUT2D eigenvalue weighted by Crippen LogP contribution is 2.31. The minimum Gasteiger partial charge on any atom is -0.491 e. The molecule has 0 unspecified atom stereocenters. The van der Waals surface area contributed by atoms with Crippen LogP contribution in [0.2, 0.25) is 0 Å². The largest absolute Gasteiger partial charge is 0.491 e. The van der Waals surface area contributed by atoms with Crippen LogP contribution >= 0.6 is 11.5 Å². The summed E-state index contributed by atoms with van der Waals surface area (Å²) in [5, 5.41) is 4.12. The fraction of sp³-hybridized carbons (Fsp3) is 0.250. The summed E-state index contributed by atoms with van der Waals surface area (Å²) in [5.74, 6) is 0.915. The van der Waals surface area contributed by atoms with Gasteiger partial charge in [-0.05, 0) is 48.6 Å². The second-order valence-corrected chi connectivity index (χ2v) is 5.54. The Hall–Kier alpha value is -1.94. The normalized spacial score (nSPS) is 12.5. The first-order valence-corrected chi connectivity index (χ1v) is 7.53. The Labute approximate surface area is 122 Å². The lowest BCUT2D eigenvalue weighted by Gasteiger charge is -2.12. The van der Waals surface area contributed by atoms with Crippen molar-refractivity contribution in [2.45, 2.75) is 26.4 Å². The van der Waals surface area contributed by atoms with Gasteiger partial charge in [-0.1, -0.05) is 35.7 Å². The van der Waals surface area contributed by atoms with Gasteiger partial charge in [-0.15, -0.1) is 5.10 Å². The molecule has 0 saturated heterocycles. The lowest BCUT2D eigenvalue weighted by molar-refractivity contribution is 0.217. The third kappa shape index (κ3) is 2.51. The molecule has 3 nitrogen and oxygen atoms in total. The molecule has 0 aliphatic rings. The first kappa shape index (κ1) is 13.1. The van der Waals surface area contributed by atoms with E-state index in [1.807, 2.05) is 24.3 Å². The molecule has 4 heteroatoms. The Balaban J connectivity index is 1.93. The number of hydrogen-bond acceptors (Lipinski definition) is 4. The second-order valence-electron chi connectivity index (χ2n) is 4.79. The summed E-state index contributed by atoms with van der Waals surface area (Å²) in [4.78, 5) is 0. The zero-order chi connectivity index (χ0) is 13.9. The van der Waals surface area contributed by atoms with Crippen LogP contribution in [-0.4, -0.2) is 15.7 Å². The predicted octanol–water partition coefficient (Wildman–Crippen LogP) is 4.54. The molecule has 0 radical (unpaired) electrons. The van der Waals surface area contributed by atoms with Crippen LogP contribution in [0.15, 0.2) is 42.5 Å². The Morgan fingerprint density at radius 1 is 1.15 bits per heavy atom. The lowest BCUT2D eigenvalue weighted by atomic mass is 10.1. The van der Waals surface area contributed by atoms with Crippen molar-refractivity contribution in [2.75, 3.05) is 0 Å². The maximum Gasteiger partial charge on any atom is 0.119 e. The topological polar surface area (TPSA) is 35.0 Å². The van der Waals surface area contributed by atoms with Crippen LogP contribution in [0.1, 0.15) is 20.3 Å². The molecule has 0 aliphatic heterocycles. The fourth-order valence-corrected chi connectivity index (χ4v) is 2.76. The van der Waals surface area contributed by atoms with E-state index in [1.54, 1.807) is 0 Å². The van der Waals surface area contributed by atoms with Crippen molar-refractivity contribution < 1.29 is 4.74 Å². The standard InChI is InChI=1S/C16H16N2OS/c1-3-11(2)19-13-9-7-12(8-10-13)14-5-4-6-15-16(14)20-18-17-15/h4-11H,3H2,1-2H3/t11-/m1/s1. The molecular formula is C16H16N2OS. The Bertz CT molecular complexity index is 706. The quantitative estimate of drug-likeness (QED) is 0.705. The summed E-state index contributed by atoms with van der Waals surface area (Å²) in [7, 11) is 0. The molecule has 0 fully saturated rings. The van der Waals surface area contributed by atoms with Gasteiger partial charge in [-0.25, -0.2) is 0 Å². The van der Waals surface area contributed by atoms with E-state index >= 15 is 0 Å². The number of nitrogens with zero attached hydrogens (tertiary/aromatic N) is 2. The first-order valence-electron chi connectivity index (χ1n) is 6.76. The number of aromatic nitrogens is 2. The number of ether oxygens (including phenoxy) is 1. The van der Waals surface area contributed by atoms with Crippen LogP contribution in [0.25, 0.3) is 21.3 Å². The van der Waals surface area contributed by atoms with Crippen LogP contribution in [0.3, 0.4) is 0 Å². The molecule has 1 heterocycles. The number of rotatable bonds is 4. The summed E-state index contributed by atoms with van der Waals surface area (Å²) in [6.45, 7) is 4.20.